The Labute approximate surface area is 147 Å². The molecule has 1 fully saturated rings. The van der Waals surface area contributed by atoms with E-state index in [1.807, 2.05) is 0 Å². The van der Waals surface area contributed by atoms with Crippen molar-refractivity contribution in [1.29, 1.82) is 0 Å². The zero-order valence-electron chi connectivity index (χ0n) is 13.7. The topological polar surface area (TPSA) is 97.0 Å². The van der Waals surface area contributed by atoms with Gasteiger partial charge in [0.25, 0.3) is 0 Å². The standard InChI is InChI=1S/C16H17F3N6O/c17-16(18,19)13-4-3-11(8-22-13)23-15(26)25-7-1-2-10(9-25)12-5-6-21-14(20)24-12/h3-6,8,10H,1-2,7,9H2,(H,23,26)(H2,20,21,24). The lowest BCUT2D eigenvalue weighted by molar-refractivity contribution is -0.141. The van der Waals surface area contributed by atoms with E-state index in [1.165, 1.54) is 6.07 Å². The highest BCUT2D eigenvalue weighted by Crippen LogP contribution is 2.28. The number of halogens is 3. The number of nitrogens with zero attached hydrogens (tertiary/aromatic N) is 4. The van der Waals surface area contributed by atoms with E-state index in [1.54, 1.807) is 17.2 Å². The lowest BCUT2D eigenvalue weighted by atomic mass is 9.95. The van der Waals surface area contributed by atoms with Gasteiger partial charge >= 0.3 is 12.2 Å². The number of hydrogen-bond acceptors (Lipinski definition) is 5. The number of rotatable bonds is 2. The molecule has 138 valence electrons. The molecule has 1 atom stereocenters. The number of piperidine rings is 1. The first kappa shape index (κ1) is 17.9. The van der Waals surface area contributed by atoms with Crippen LogP contribution in [-0.4, -0.2) is 39.0 Å². The van der Waals surface area contributed by atoms with Crippen LogP contribution in [0.15, 0.2) is 30.6 Å². The van der Waals surface area contributed by atoms with Crippen molar-refractivity contribution in [3.05, 3.63) is 42.0 Å². The smallest absolute Gasteiger partial charge is 0.368 e. The van der Waals surface area contributed by atoms with Crippen molar-refractivity contribution in [2.24, 2.45) is 0 Å². The summed E-state index contributed by atoms with van der Waals surface area (Å²) in [7, 11) is 0. The summed E-state index contributed by atoms with van der Waals surface area (Å²) in [6.45, 7) is 0.993. The molecule has 2 amide bonds. The molecule has 26 heavy (non-hydrogen) atoms. The number of aromatic nitrogens is 3. The molecule has 3 heterocycles. The number of alkyl halides is 3. The van der Waals surface area contributed by atoms with Gasteiger partial charge in [-0.15, -0.1) is 0 Å². The van der Waals surface area contributed by atoms with Crippen LogP contribution in [0, 0.1) is 0 Å². The van der Waals surface area contributed by atoms with E-state index in [0.29, 0.717) is 13.1 Å². The van der Waals surface area contributed by atoms with Crippen LogP contribution in [-0.2, 0) is 6.18 Å². The fraction of sp³-hybridized carbons (Fsp3) is 0.375. The predicted molar refractivity (Wildman–Crippen MR) is 88.3 cm³/mol. The molecule has 0 spiro atoms. The van der Waals surface area contributed by atoms with E-state index in [0.717, 1.165) is 30.8 Å². The van der Waals surface area contributed by atoms with Crippen molar-refractivity contribution in [3.63, 3.8) is 0 Å². The van der Waals surface area contributed by atoms with Gasteiger partial charge in [-0.3, -0.25) is 0 Å². The molecule has 2 aromatic heterocycles. The van der Waals surface area contributed by atoms with E-state index in [4.69, 9.17) is 5.73 Å². The van der Waals surface area contributed by atoms with Gasteiger partial charge in [0.2, 0.25) is 5.95 Å². The first-order valence-electron chi connectivity index (χ1n) is 8.00. The minimum atomic E-state index is -4.51. The largest absolute Gasteiger partial charge is 0.433 e. The summed E-state index contributed by atoms with van der Waals surface area (Å²) in [5.74, 6) is 0.213. The molecular weight excluding hydrogens is 349 g/mol. The Morgan fingerprint density at radius 1 is 1.27 bits per heavy atom. The molecule has 3 N–H and O–H groups in total. The normalized spacial score (nSPS) is 17.8. The number of nitrogen functional groups attached to an aromatic ring is 1. The van der Waals surface area contributed by atoms with E-state index in [9.17, 15) is 18.0 Å². The Morgan fingerprint density at radius 2 is 2.08 bits per heavy atom. The monoisotopic (exact) mass is 366 g/mol. The number of carbonyl (C=O) groups excluding carboxylic acids is 1. The lowest BCUT2D eigenvalue weighted by Gasteiger charge is -2.32. The summed E-state index contributed by atoms with van der Waals surface area (Å²) in [4.78, 5) is 25.4. The highest BCUT2D eigenvalue weighted by molar-refractivity contribution is 5.89. The molecule has 2 aromatic rings. The molecule has 10 heteroatoms. The molecule has 1 aliphatic heterocycles. The first-order valence-corrected chi connectivity index (χ1v) is 8.00. The number of pyridine rings is 1. The van der Waals surface area contributed by atoms with Gasteiger partial charge in [0.05, 0.1) is 17.6 Å². The van der Waals surface area contributed by atoms with Gasteiger partial charge in [0.15, 0.2) is 0 Å². The van der Waals surface area contributed by atoms with Crippen LogP contribution in [0.1, 0.15) is 30.1 Å². The summed E-state index contributed by atoms with van der Waals surface area (Å²) in [6.07, 6.45) is -0.296. The Bertz CT molecular complexity index is 780. The minimum absolute atomic E-state index is 0.0329. The van der Waals surface area contributed by atoms with Gasteiger partial charge in [-0.05, 0) is 31.0 Å². The molecule has 3 rings (SSSR count). The van der Waals surface area contributed by atoms with Crippen LogP contribution in [0.25, 0.3) is 0 Å². The van der Waals surface area contributed by atoms with Gasteiger partial charge in [-0.2, -0.15) is 13.2 Å². The van der Waals surface area contributed by atoms with Crippen molar-refractivity contribution < 1.29 is 18.0 Å². The lowest BCUT2D eigenvalue weighted by Crippen LogP contribution is -2.41. The first-order chi connectivity index (χ1) is 12.3. The van der Waals surface area contributed by atoms with Gasteiger partial charge in [-0.1, -0.05) is 0 Å². The Hall–Kier alpha value is -2.91. The minimum Gasteiger partial charge on any atom is -0.368 e. The summed E-state index contributed by atoms with van der Waals surface area (Å²) in [5.41, 5.74) is 5.57. The van der Waals surface area contributed by atoms with Crippen LogP contribution >= 0.6 is 0 Å². The maximum atomic E-state index is 12.5. The average Bonchev–Trinajstić information content (AvgIpc) is 2.61. The van der Waals surface area contributed by atoms with E-state index in [-0.39, 0.29) is 17.6 Å². The fourth-order valence-corrected chi connectivity index (χ4v) is 2.86. The summed E-state index contributed by atoms with van der Waals surface area (Å²) in [5, 5.41) is 2.57. The summed E-state index contributed by atoms with van der Waals surface area (Å²) < 4.78 is 37.6. The zero-order chi connectivity index (χ0) is 18.7. The molecule has 0 bridgehead atoms. The van der Waals surface area contributed by atoms with E-state index < -0.39 is 17.9 Å². The highest BCUT2D eigenvalue weighted by atomic mass is 19.4. The summed E-state index contributed by atoms with van der Waals surface area (Å²) in [6, 6.07) is 3.39. The highest BCUT2D eigenvalue weighted by Gasteiger charge is 2.32. The molecule has 0 aliphatic carbocycles. The van der Waals surface area contributed by atoms with Crippen LogP contribution in [0.2, 0.25) is 0 Å². The molecule has 0 radical (unpaired) electrons. The molecule has 0 saturated carbocycles. The molecular formula is C16H17F3N6O. The number of nitrogens with one attached hydrogen (secondary N) is 1. The average molecular weight is 366 g/mol. The van der Waals surface area contributed by atoms with Crippen molar-refractivity contribution in [3.8, 4) is 0 Å². The number of carbonyl (C=O) groups is 1. The van der Waals surface area contributed by atoms with Crippen molar-refractivity contribution >= 4 is 17.7 Å². The quantitative estimate of drug-likeness (QED) is 0.852. The number of anilines is 2. The number of likely N-dealkylation sites (tertiary alicyclic amines) is 1. The van der Waals surface area contributed by atoms with Gasteiger partial charge in [0.1, 0.15) is 5.69 Å². The van der Waals surface area contributed by atoms with Gasteiger partial charge < -0.3 is 16.0 Å². The van der Waals surface area contributed by atoms with Crippen LogP contribution in [0.4, 0.5) is 29.6 Å². The molecule has 0 aromatic carbocycles. The molecule has 7 nitrogen and oxygen atoms in total. The summed E-state index contributed by atoms with van der Waals surface area (Å²) >= 11 is 0. The number of amides is 2. The van der Waals surface area contributed by atoms with E-state index >= 15 is 0 Å². The van der Waals surface area contributed by atoms with Gasteiger partial charge in [0, 0.05) is 25.2 Å². The third-order valence-corrected chi connectivity index (χ3v) is 4.13. The molecule has 1 unspecified atom stereocenters. The second-order valence-electron chi connectivity index (χ2n) is 5.98. The Kier molecular flexibility index (Phi) is 4.92. The number of nitrogens with two attached hydrogens (primary N) is 1. The number of urea groups is 1. The Morgan fingerprint density at radius 3 is 2.73 bits per heavy atom. The van der Waals surface area contributed by atoms with Gasteiger partial charge in [-0.25, -0.2) is 19.7 Å². The second-order valence-corrected chi connectivity index (χ2v) is 5.98. The zero-order valence-corrected chi connectivity index (χ0v) is 13.7. The van der Waals surface area contributed by atoms with Crippen LogP contribution < -0.4 is 11.1 Å². The Balaban J connectivity index is 1.64. The third-order valence-electron chi connectivity index (χ3n) is 4.13. The second kappa shape index (κ2) is 7.14. The van der Waals surface area contributed by atoms with Crippen molar-refractivity contribution in [2.45, 2.75) is 24.9 Å². The number of hydrogen-bond donors (Lipinski definition) is 2. The predicted octanol–water partition coefficient (Wildman–Crippen LogP) is 2.88. The van der Waals surface area contributed by atoms with Crippen molar-refractivity contribution in [1.82, 2.24) is 19.9 Å². The van der Waals surface area contributed by atoms with E-state index in [2.05, 4.69) is 20.3 Å². The third kappa shape index (κ3) is 4.19. The SMILES string of the molecule is Nc1nccc(C2CCCN(C(=O)Nc3ccc(C(F)(F)F)nc3)C2)n1. The van der Waals surface area contributed by atoms with Crippen LogP contribution in [0.5, 0.6) is 0 Å². The van der Waals surface area contributed by atoms with Crippen molar-refractivity contribution in [2.75, 3.05) is 24.1 Å². The van der Waals surface area contributed by atoms with Crippen LogP contribution in [0.3, 0.4) is 0 Å². The fourth-order valence-electron chi connectivity index (χ4n) is 2.86. The molecule has 1 saturated heterocycles. The maximum Gasteiger partial charge on any atom is 0.433 e. The maximum absolute atomic E-state index is 12.5. The molecule has 1 aliphatic rings.